The van der Waals surface area contributed by atoms with Crippen molar-refractivity contribution in [2.75, 3.05) is 0 Å². The maximum Gasteiger partial charge on any atom is 0.416 e. The molecule has 0 aliphatic heterocycles. The minimum Gasteiger partial charge on any atom is -0.331 e. The van der Waals surface area contributed by atoms with Gasteiger partial charge in [-0.3, -0.25) is 4.79 Å². The van der Waals surface area contributed by atoms with Gasteiger partial charge in [0.15, 0.2) is 5.43 Å². The highest BCUT2D eigenvalue weighted by atomic mass is 19.4. The van der Waals surface area contributed by atoms with Crippen LogP contribution in [-0.4, -0.2) is 4.57 Å². The number of nitriles is 1. The van der Waals surface area contributed by atoms with E-state index in [0.717, 1.165) is 18.2 Å². The predicted octanol–water partition coefficient (Wildman–Crippen LogP) is 2.85. The van der Waals surface area contributed by atoms with E-state index in [1.807, 2.05) is 6.07 Å². The Morgan fingerprint density at radius 1 is 1.32 bits per heavy atom. The Hall–Kier alpha value is -2.29. The maximum atomic E-state index is 12.7. The smallest absolute Gasteiger partial charge is 0.331 e. The fourth-order valence-corrected chi connectivity index (χ4v) is 1.96. The molecule has 0 unspecified atom stereocenters. The van der Waals surface area contributed by atoms with Gasteiger partial charge >= 0.3 is 6.18 Å². The van der Waals surface area contributed by atoms with Crippen LogP contribution >= 0.6 is 0 Å². The maximum absolute atomic E-state index is 12.7. The highest BCUT2D eigenvalue weighted by Crippen LogP contribution is 2.31. The molecule has 0 aliphatic carbocycles. The first-order chi connectivity index (χ1) is 8.84. The molecule has 0 saturated heterocycles. The molecule has 1 heterocycles. The summed E-state index contributed by atoms with van der Waals surface area (Å²) in [6.45, 7) is 1.47. The summed E-state index contributed by atoms with van der Waals surface area (Å²) >= 11 is 0. The Balaban J connectivity index is 2.86. The number of nitrogens with zero attached hydrogens (tertiary/aromatic N) is 2. The Morgan fingerprint density at radius 2 is 2.00 bits per heavy atom. The van der Waals surface area contributed by atoms with Crippen molar-refractivity contribution in [1.82, 2.24) is 4.57 Å². The van der Waals surface area contributed by atoms with Crippen LogP contribution in [0.25, 0.3) is 10.9 Å². The number of hydrogen-bond acceptors (Lipinski definition) is 2. The lowest BCUT2D eigenvalue weighted by atomic mass is 10.1. The van der Waals surface area contributed by atoms with Crippen LogP contribution in [0, 0.1) is 18.3 Å². The SMILES string of the molecule is Cc1cc(=O)c2ccc(C(F)(F)F)cc2n1CC#N. The molecule has 0 N–H and O–H groups in total. The number of alkyl halides is 3. The molecule has 0 atom stereocenters. The molecule has 0 saturated carbocycles. The molecule has 98 valence electrons. The van der Waals surface area contributed by atoms with Gasteiger partial charge in [0.2, 0.25) is 0 Å². The first kappa shape index (κ1) is 13.1. The third kappa shape index (κ3) is 2.32. The van der Waals surface area contributed by atoms with E-state index in [0.29, 0.717) is 5.69 Å². The molecule has 0 radical (unpaired) electrons. The minimum atomic E-state index is -4.48. The van der Waals surface area contributed by atoms with Gasteiger partial charge in [-0.15, -0.1) is 0 Å². The lowest BCUT2D eigenvalue weighted by molar-refractivity contribution is -0.137. The second kappa shape index (κ2) is 4.43. The minimum absolute atomic E-state index is 0.107. The zero-order chi connectivity index (χ0) is 14.2. The fraction of sp³-hybridized carbons (Fsp3) is 0.231. The molecule has 0 aliphatic rings. The molecular weight excluding hydrogens is 257 g/mol. The Morgan fingerprint density at radius 3 is 2.58 bits per heavy atom. The van der Waals surface area contributed by atoms with E-state index in [2.05, 4.69) is 0 Å². The molecule has 19 heavy (non-hydrogen) atoms. The van der Waals surface area contributed by atoms with E-state index in [-0.39, 0.29) is 22.9 Å². The van der Waals surface area contributed by atoms with Gasteiger partial charge in [-0.1, -0.05) is 0 Å². The zero-order valence-electron chi connectivity index (χ0n) is 9.95. The van der Waals surface area contributed by atoms with Crippen molar-refractivity contribution in [3.63, 3.8) is 0 Å². The molecular formula is C13H9F3N2O. The van der Waals surface area contributed by atoms with Crippen LogP contribution in [0.1, 0.15) is 11.3 Å². The van der Waals surface area contributed by atoms with Crippen LogP contribution in [0.3, 0.4) is 0 Å². The van der Waals surface area contributed by atoms with Crippen LogP contribution in [0.4, 0.5) is 13.2 Å². The van der Waals surface area contributed by atoms with Crippen molar-refractivity contribution >= 4 is 10.9 Å². The van der Waals surface area contributed by atoms with Crippen molar-refractivity contribution < 1.29 is 13.2 Å². The van der Waals surface area contributed by atoms with Gasteiger partial charge < -0.3 is 4.57 Å². The van der Waals surface area contributed by atoms with E-state index < -0.39 is 11.7 Å². The number of pyridine rings is 1. The van der Waals surface area contributed by atoms with E-state index in [4.69, 9.17) is 5.26 Å². The number of hydrogen-bond donors (Lipinski definition) is 0. The molecule has 0 bridgehead atoms. The van der Waals surface area contributed by atoms with Gasteiger partial charge in [0.1, 0.15) is 6.54 Å². The van der Waals surface area contributed by atoms with Crippen molar-refractivity contribution in [2.45, 2.75) is 19.6 Å². The summed E-state index contributed by atoms with van der Waals surface area (Å²) in [6.07, 6.45) is -4.48. The molecule has 2 rings (SSSR count). The summed E-state index contributed by atoms with van der Waals surface area (Å²) in [7, 11) is 0. The molecule has 2 aromatic rings. The number of rotatable bonds is 1. The number of benzene rings is 1. The van der Waals surface area contributed by atoms with E-state index in [9.17, 15) is 18.0 Å². The summed E-state index contributed by atoms with van der Waals surface area (Å²) in [5.41, 5.74) is -0.605. The third-order valence-corrected chi connectivity index (χ3v) is 2.88. The molecule has 3 nitrogen and oxygen atoms in total. The Labute approximate surface area is 106 Å². The average Bonchev–Trinajstić information content (AvgIpc) is 2.32. The molecule has 0 fully saturated rings. The normalized spacial score (nSPS) is 11.5. The van der Waals surface area contributed by atoms with Gasteiger partial charge in [-0.25, -0.2) is 0 Å². The number of halogens is 3. The Bertz CT molecular complexity index is 738. The predicted molar refractivity (Wildman–Crippen MR) is 63.6 cm³/mol. The van der Waals surface area contributed by atoms with Gasteiger partial charge in [0.25, 0.3) is 0 Å². The number of aromatic nitrogens is 1. The number of aryl methyl sites for hydroxylation is 1. The van der Waals surface area contributed by atoms with Crippen LogP contribution < -0.4 is 5.43 Å². The van der Waals surface area contributed by atoms with Crippen LogP contribution in [0.5, 0.6) is 0 Å². The Kier molecular flexibility index (Phi) is 3.06. The molecule has 1 aromatic carbocycles. The summed E-state index contributed by atoms with van der Waals surface area (Å²) in [6, 6.07) is 6.11. The highest BCUT2D eigenvalue weighted by Gasteiger charge is 2.30. The van der Waals surface area contributed by atoms with Gasteiger partial charge in [0, 0.05) is 17.1 Å². The quantitative estimate of drug-likeness (QED) is 0.796. The van der Waals surface area contributed by atoms with Crippen LogP contribution in [-0.2, 0) is 12.7 Å². The van der Waals surface area contributed by atoms with Crippen molar-refractivity contribution in [1.29, 1.82) is 5.26 Å². The van der Waals surface area contributed by atoms with Crippen LogP contribution in [0.2, 0.25) is 0 Å². The van der Waals surface area contributed by atoms with Crippen molar-refractivity contribution in [3.8, 4) is 6.07 Å². The van der Waals surface area contributed by atoms with Crippen molar-refractivity contribution in [3.05, 3.63) is 45.7 Å². The lowest BCUT2D eigenvalue weighted by Crippen LogP contribution is -2.13. The van der Waals surface area contributed by atoms with E-state index in [1.165, 1.54) is 10.6 Å². The van der Waals surface area contributed by atoms with Crippen LogP contribution in [0.15, 0.2) is 29.1 Å². The van der Waals surface area contributed by atoms with Gasteiger partial charge in [-0.2, -0.15) is 18.4 Å². The largest absolute Gasteiger partial charge is 0.416 e. The first-order valence-electron chi connectivity index (χ1n) is 5.43. The van der Waals surface area contributed by atoms with E-state index in [1.54, 1.807) is 6.92 Å². The fourth-order valence-electron chi connectivity index (χ4n) is 1.96. The number of fused-ring (bicyclic) bond motifs is 1. The first-order valence-corrected chi connectivity index (χ1v) is 5.43. The highest BCUT2D eigenvalue weighted by molar-refractivity contribution is 5.80. The summed E-state index contributed by atoms with van der Waals surface area (Å²) < 4.78 is 39.4. The third-order valence-electron chi connectivity index (χ3n) is 2.88. The summed E-state index contributed by atoms with van der Waals surface area (Å²) in [5, 5.41) is 8.91. The second-order valence-electron chi connectivity index (χ2n) is 4.12. The topological polar surface area (TPSA) is 45.8 Å². The van der Waals surface area contributed by atoms with Gasteiger partial charge in [0.05, 0.1) is 17.1 Å². The molecule has 0 spiro atoms. The standard InChI is InChI=1S/C13H9F3N2O/c1-8-6-12(19)10-3-2-9(13(14,15)16)7-11(10)18(8)5-4-17/h2-3,6-7H,5H2,1H3. The molecule has 6 heteroatoms. The molecule has 0 amide bonds. The molecule has 1 aromatic heterocycles. The summed E-state index contributed by atoms with van der Waals surface area (Å²) in [5.74, 6) is 0. The zero-order valence-corrected chi connectivity index (χ0v) is 9.95. The lowest BCUT2D eigenvalue weighted by Gasteiger charge is -2.13. The van der Waals surface area contributed by atoms with Gasteiger partial charge in [-0.05, 0) is 25.1 Å². The second-order valence-corrected chi connectivity index (χ2v) is 4.12. The monoisotopic (exact) mass is 266 g/mol. The average molecular weight is 266 g/mol. The van der Waals surface area contributed by atoms with E-state index >= 15 is 0 Å². The van der Waals surface area contributed by atoms with Crippen molar-refractivity contribution in [2.24, 2.45) is 0 Å². The summed E-state index contributed by atoms with van der Waals surface area (Å²) in [4.78, 5) is 11.7.